The molecule has 1 saturated heterocycles. The molecule has 1 aliphatic heterocycles. The molecule has 33 heavy (non-hydrogen) atoms. The first-order chi connectivity index (χ1) is 15.8. The lowest BCUT2D eigenvalue weighted by molar-refractivity contribution is -0.123. The van der Waals surface area contributed by atoms with E-state index in [0.717, 1.165) is 46.7 Å². The quantitative estimate of drug-likeness (QED) is 0.197. The summed E-state index contributed by atoms with van der Waals surface area (Å²) < 4.78 is 21.1. The summed E-state index contributed by atoms with van der Waals surface area (Å²) >= 11 is 11.3. The van der Waals surface area contributed by atoms with E-state index >= 15 is 0 Å². The summed E-state index contributed by atoms with van der Waals surface area (Å²) in [6.07, 6.45) is 1.70. The molecule has 0 N–H and O–H groups in total. The largest absolute Gasteiger partial charge is 0.487 e. The zero-order chi connectivity index (χ0) is 23.5. The zero-order valence-electron chi connectivity index (χ0n) is 16.9. The van der Waals surface area contributed by atoms with Crippen LogP contribution in [0, 0.1) is 13.0 Å². The minimum absolute atomic E-state index is 0.0115. The van der Waals surface area contributed by atoms with Crippen molar-refractivity contribution in [3.05, 3.63) is 100 Å². The molecule has 0 saturated carbocycles. The van der Waals surface area contributed by atoms with Gasteiger partial charge in [-0.2, -0.15) is 0 Å². The highest BCUT2D eigenvalue weighted by molar-refractivity contribution is 14.1. The highest BCUT2D eigenvalue weighted by atomic mass is 127. The van der Waals surface area contributed by atoms with E-state index in [1.165, 1.54) is 12.1 Å². The maximum Gasteiger partial charge on any atom is 0.293 e. The molecule has 4 nitrogen and oxygen atoms in total. The van der Waals surface area contributed by atoms with Crippen LogP contribution in [0.25, 0.3) is 6.08 Å². The Morgan fingerprint density at radius 2 is 1.73 bits per heavy atom. The second-order valence-corrected chi connectivity index (χ2v) is 10.8. The van der Waals surface area contributed by atoms with Crippen LogP contribution in [0.2, 0.25) is 5.02 Å². The van der Waals surface area contributed by atoms with E-state index in [1.54, 1.807) is 6.08 Å². The average molecular weight is 706 g/mol. The Labute approximate surface area is 226 Å². The SMILES string of the molecule is O=C1S/C(=C/c2cc(I)c(OCc3ccccc3)c(I)c2)C(=O)N1Cc1ccc(F)cc1Cl. The van der Waals surface area contributed by atoms with Crippen LogP contribution in [0.15, 0.2) is 65.6 Å². The van der Waals surface area contributed by atoms with Crippen molar-refractivity contribution in [2.24, 2.45) is 0 Å². The topological polar surface area (TPSA) is 46.6 Å². The molecule has 0 aromatic heterocycles. The van der Waals surface area contributed by atoms with Gasteiger partial charge in [-0.3, -0.25) is 14.5 Å². The van der Waals surface area contributed by atoms with Crippen molar-refractivity contribution in [3.63, 3.8) is 0 Å². The van der Waals surface area contributed by atoms with Crippen molar-refractivity contribution in [1.82, 2.24) is 4.90 Å². The Morgan fingerprint density at radius 3 is 2.39 bits per heavy atom. The fourth-order valence-electron chi connectivity index (χ4n) is 3.14. The molecular weight excluding hydrogens is 691 g/mol. The van der Waals surface area contributed by atoms with Crippen LogP contribution in [0.1, 0.15) is 16.7 Å². The van der Waals surface area contributed by atoms with Gasteiger partial charge in [0.1, 0.15) is 18.2 Å². The molecule has 0 atom stereocenters. The normalized spacial score (nSPS) is 14.9. The lowest BCUT2D eigenvalue weighted by Crippen LogP contribution is -2.27. The molecule has 3 aromatic rings. The van der Waals surface area contributed by atoms with E-state index in [1.807, 2.05) is 42.5 Å². The highest BCUT2D eigenvalue weighted by Crippen LogP contribution is 2.36. The lowest BCUT2D eigenvalue weighted by Gasteiger charge is -2.13. The maximum absolute atomic E-state index is 13.3. The number of imide groups is 1. The van der Waals surface area contributed by atoms with Crippen molar-refractivity contribution < 1.29 is 18.7 Å². The fraction of sp³-hybridized carbons (Fsp3) is 0.0833. The molecule has 1 aliphatic rings. The lowest BCUT2D eigenvalue weighted by atomic mass is 10.2. The standard InChI is InChI=1S/C24H15ClFI2NO3S/c25-18-11-17(26)7-6-16(18)12-29-23(30)21(33-24(29)31)10-15-8-19(27)22(20(28)9-15)32-13-14-4-2-1-3-5-14/h1-11H,12-13H2/b21-10+. The van der Waals surface area contributed by atoms with E-state index in [2.05, 4.69) is 45.2 Å². The van der Waals surface area contributed by atoms with E-state index in [-0.39, 0.29) is 16.8 Å². The molecule has 2 amide bonds. The van der Waals surface area contributed by atoms with Crippen molar-refractivity contribution >= 4 is 85.8 Å². The maximum atomic E-state index is 13.3. The number of hydrogen-bond donors (Lipinski definition) is 0. The van der Waals surface area contributed by atoms with E-state index in [4.69, 9.17) is 16.3 Å². The van der Waals surface area contributed by atoms with Crippen LogP contribution >= 0.6 is 68.5 Å². The summed E-state index contributed by atoms with van der Waals surface area (Å²) in [5.41, 5.74) is 2.37. The summed E-state index contributed by atoms with van der Waals surface area (Å²) in [7, 11) is 0. The predicted molar refractivity (Wildman–Crippen MR) is 146 cm³/mol. The first kappa shape index (κ1) is 24.5. The molecule has 0 aliphatic carbocycles. The Balaban J connectivity index is 1.51. The first-order valence-corrected chi connectivity index (χ1v) is 13.0. The number of carbonyl (C=O) groups excluding carboxylic acids is 2. The van der Waals surface area contributed by atoms with Gasteiger partial charge in [0.2, 0.25) is 0 Å². The van der Waals surface area contributed by atoms with Gasteiger partial charge in [0, 0.05) is 5.02 Å². The Kier molecular flexibility index (Phi) is 7.98. The van der Waals surface area contributed by atoms with E-state index in [9.17, 15) is 14.0 Å². The van der Waals surface area contributed by atoms with Gasteiger partial charge in [-0.15, -0.1) is 0 Å². The number of carbonyl (C=O) groups is 2. The van der Waals surface area contributed by atoms with Gasteiger partial charge in [0.05, 0.1) is 18.6 Å². The van der Waals surface area contributed by atoms with Crippen LogP contribution in [-0.2, 0) is 17.9 Å². The molecule has 0 bridgehead atoms. The molecule has 1 fully saturated rings. The number of amides is 2. The monoisotopic (exact) mass is 705 g/mol. The number of nitrogens with zero attached hydrogens (tertiary/aromatic N) is 1. The summed E-state index contributed by atoms with van der Waals surface area (Å²) in [4.78, 5) is 26.8. The molecule has 4 rings (SSSR count). The number of ether oxygens (including phenoxy) is 1. The van der Waals surface area contributed by atoms with Gasteiger partial charge in [0.15, 0.2) is 0 Å². The van der Waals surface area contributed by atoms with E-state index < -0.39 is 11.7 Å². The number of halogens is 4. The van der Waals surface area contributed by atoms with Gasteiger partial charge in [-0.05, 0) is 104 Å². The van der Waals surface area contributed by atoms with Crippen LogP contribution in [0.4, 0.5) is 9.18 Å². The average Bonchev–Trinajstić information content (AvgIpc) is 3.03. The Bertz CT molecular complexity index is 1250. The fourth-order valence-corrected chi connectivity index (χ4v) is 6.33. The van der Waals surface area contributed by atoms with Crippen molar-refractivity contribution in [1.29, 1.82) is 0 Å². The smallest absolute Gasteiger partial charge is 0.293 e. The zero-order valence-corrected chi connectivity index (χ0v) is 22.7. The Hall–Kier alpha value is -1.63. The summed E-state index contributed by atoms with van der Waals surface area (Å²) in [5, 5.41) is -0.216. The van der Waals surface area contributed by atoms with Crippen LogP contribution in [-0.4, -0.2) is 16.0 Å². The summed E-state index contributed by atoms with van der Waals surface area (Å²) in [6, 6.07) is 17.6. The van der Waals surface area contributed by atoms with Crippen LogP contribution in [0.3, 0.4) is 0 Å². The minimum Gasteiger partial charge on any atom is -0.487 e. The van der Waals surface area contributed by atoms with Crippen LogP contribution in [0.5, 0.6) is 5.75 Å². The summed E-state index contributed by atoms with van der Waals surface area (Å²) in [6.45, 7) is 0.444. The molecule has 9 heteroatoms. The first-order valence-electron chi connectivity index (χ1n) is 9.67. The van der Waals surface area contributed by atoms with Crippen molar-refractivity contribution in [3.8, 4) is 5.75 Å². The third-order valence-electron chi connectivity index (χ3n) is 4.76. The second kappa shape index (κ2) is 10.7. The number of rotatable bonds is 6. The van der Waals surface area contributed by atoms with Gasteiger partial charge in [-0.1, -0.05) is 48.0 Å². The van der Waals surface area contributed by atoms with Gasteiger partial charge >= 0.3 is 0 Å². The third-order valence-corrected chi connectivity index (χ3v) is 7.62. The van der Waals surface area contributed by atoms with Gasteiger partial charge < -0.3 is 4.74 Å². The second-order valence-electron chi connectivity index (χ2n) is 7.09. The molecule has 0 spiro atoms. The van der Waals surface area contributed by atoms with Crippen LogP contribution < -0.4 is 4.74 Å². The molecule has 1 heterocycles. The molecular formula is C24H15ClFI2NO3S. The molecule has 168 valence electrons. The van der Waals surface area contributed by atoms with Crippen molar-refractivity contribution in [2.75, 3.05) is 0 Å². The Morgan fingerprint density at radius 1 is 1.03 bits per heavy atom. The third kappa shape index (κ3) is 5.90. The van der Waals surface area contributed by atoms with Crippen molar-refractivity contribution in [2.45, 2.75) is 13.2 Å². The van der Waals surface area contributed by atoms with Gasteiger partial charge in [-0.25, -0.2) is 4.39 Å². The van der Waals surface area contributed by atoms with Gasteiger partial charge in [0.25, 0.3) is 11.1 Å². The molecule has 3 aromatic carbocycles. The predicted octanol–water partition coefficient (Wildman–Crippen LogP) is 7.50. The summed E-state index contributed by atoms with van der Waals surface area (Å²) in [5.74, 6) is -0.103. The van der Waals surface area contributed by atoms with E-state index in [0.29, 0.717) is 17.1 Å². The molecule has 0 unspecified atom stereocenters. The highest BCUT2D eigenvalue weighted by Gasteiger charge is 2.35. The minimum atomic E-state index is -0.474. The number of benzene rings is 3. The molecule has 0 radical (unpaired) electrons. The number of hydrogen-bond acceptors (Lipinski definition) is 4. The number of thioether (sulfide) groups is 1.